The number of amides is 2. The number of ether oxygens (including phenoxy) is 2. The Kier molecular flexibility index (Phi) is 8.43. The van der Waals surface area contributed by atoms with Crippen LogP contribution in [0.15, 0.2) is 24.3 Å². The predicted octanol–water partition coefficient (Wildman–Crippen LogP) is 3.39. The Morgan fingerprint density at radius 3 is 2.44 bits per heavy atom. The molecule has 1 aliphatic rings. The zero-order valence-electron chi connectivity index (χ0n) is 16.7. The summed E-state index contributed by atoms with van der Waals surface area (Å²) in [4.78, 5) is 25.8. The number of hydrogen-bond acceptors (Lipinski definition) is 4. The van der Waals surface area contributed by atoms with E-state index in [0.29, 0.717) is 31.4 Å². The maximum Gasteiger partial charge on any atom is 0.409 e. The molecule has 0 spiro atoms. The average Bonchev–Trinajstić information content (AvgIpc) is 2.66. The number of likely N-dealkylation sites (tertiary alicyclic amines) is 1. The zero-order chi connectivity index (χ0) is 19.6. The van der Waals surface area contributed by atoms with Crippen molar-refractivity contribution in [3.63, 3.8) is 0 Å². The SMILES string of the molecule is CCCc1ccc(OCC(=O)NC2CCN(C(=O)OCC(C)C)CC2)cc1. The van der Waals surface area contributed by atoms with Crippen LogP contribution in [0.2, 0.25) is 0 Å². The van der Waals surface area contributed by atoms with Crippen LogP contribution in [-0.4, -0.2) is 49.2 Å². The Balaban J connectivity index is 1.66. The molecule has 2 rings (SSSR count). The van der Waals surface area contributed by atoms with E-state index in [2.05, 4.69) is 12.2 Å². The molecule has 0 bridgehead atoms. The normalized spacial score (nSPS) is 14.9. The van der Waals surface area contributed by atoms with Crippen LogP contribution in [-0.2, 0) is 16.0 Å². The molecule has 0 aliphatic carbocycles. The Morgan fingerprint density at radius 2 is 1.85 bits per heavy atom. The topological polar surface area (TPSA) is 67.9 Å². The molecule has 0 radical (unpaired) electrons. The average molecular weight is 376 g/mol. The quantitative estimate of drug-likeness (QED) is 0.755. The fraction of sp³-hybridized carbons (Fsp3) is 0.619. The van der Waals surface area contributed by atoms with Crippen molar-refractivity contribution in [2.75, 3.05) is 26.3 Å². The van der Waals surface area contributed by atoms with E-state index in [1.54, 1.807) is 4.90 Å². The Morgan fingerprint density at radius 1 is 1.19 bits per heavy atom. The summed E-state index contributed by atoms with van der Waals surface area (Å²) in [5.41, 5.74) is 1.27. The molecule has 1 fully saturated rings. The number of nitrogens with zero attached hydrogens (tertiary/aromatic N) is 1. The summed E-state index contributed by atoms with van der Waals surface area (Å²) in [7, 11) is 0. The molecule has 6 nitrogen and oxygen atoms in total. The van der Waals surface area contributed by atoms with Crippen LogP contribution < -0.4 is 10.1 Å². The summed E-state index contributed by atoms with van der Waals surface area (Å²) in [6.45, 7) is 7.81. The van der Waals surface area contributed by atoms with Crippen molar-refractivity contribution >= 4 is 12.0 Å². The first kappa shape index (κ1) is 21.1. The molecule has 1 aliphatic heterocycles. The highest BCUT2D eigenvalue weighted by molar-refractivity contribution is 5.78. The second-order valence-electron chi connectivity index (χ2n) is 7.48. The van der Waals surface area contributed by atoms with Gasteiger partial charge in [-0.25, -0.2) is 4.79 Å². The maximum atomic E-state index is 12.1. The van der Waals surface area contributed by atoms with Gasteiger partial charge in [0.15, 0.2) is 6.61 Å². The Bertz CT molecular complexity index is 593. The number of hydrogen-bond donors (Lipinski definition) is 1. The van der Waals surface area contributed by atoms with Crippen LogP contribution in [0, 0.1) is 5.92 Å². The molecule has 1 N–H and O–H groups in total. The van der Waals surface area contributed by atoms with Crippen molar-refractivity contribution in [2.24, 2.45) is 5.92 Å². The van der Waals surface area contributed by atoms with Gasteiger partial charge in [0.25, 0.3) is 5.91 Å². The number of aryl methyl sites for hydroxylation is 1. The van der Waals surface area contributed by atoms with E-state index in [0.717, 1.165) is 25.7 Å². The standard InChI is InChI=1S/C21H32N2O4/c1-4-5-17-6-8-19(9-7-17)26-15-20(24)22-18-10-12-23(13-11-18)21(25)27-14-16(2)3/h6-9,16,18H,4-5,10-15H2,1-3H3,(H,22,24). The van der Waals surface area contributed by atoms with Gasteiger partial charge in [0.2, 0.25) is 0 Å². The van der Waals surface area contributed by atoms with E-state index in [1.807, 2.05) is 38.1 Å². The lowest BCUT2D eigenvalue weighted by molar-refractivity contribution is -0.124. The minimum Gasteiger partial charge on any atom is -0.484 e. The minimum atomic E-state index is -0.261. The fourth-order valence-corrected chi connectivity index (χ4v) is 2.99. The molecular formula is C21H32N2O4. The molecule has 27 heavy (non-hydrogen) atoms. The smallest absolute Gasteiger partial charge is 0.409 e. The van der Waals surface area contributed by atoms with Crippen LogP contribution in [0.4, 0.5) is 4.79 Å². The lowest BCUT2D eigenvalue weighted by Crippen LogP contribution is -2.47. The molecule has 0 saturated carbocycles. The highest BCUT2D eigenvalue weighted by Crippen LogP contribution is 2.14. The minimum absolute atomic E-state index is 0.00374. The van der Waals surface area contributed by atoms with E-state index < -0.39 is 0 Å². The number of carbonyl (C=O) groups excluding carboxylic acids is 2. The van der Waals surface area contributed by atoms with Crippen LogP contribution in [0.1, 0.15) is 45.6 Å². The van der Waals surface area contributed by atoms with Crippen molar-refractivity contribution < 1.29 is 19.1 Å². The number of benzene rings is 1. The number of piperidine rings is 1. The number of nitrogens with one attached hydrogen (secondary N) is 1. The van der Waals surface area contributed by atoms with E-state index in [9.17, 15) is 9.59 Å². The van der Waals surface area contributed by atoms with E-state index in [1.165, 1.54) is 5.56 Å². The molecular weight excluding hydrogens is 344 g/mol. The Labute approximate surface area is 162 Å². The van der Waals surface area contributed by atoms with Gasteiger partial charge in [0, 0.05) is 19.1 Å². The van der Waals surface area contributed by atoms with E-state index >= 15 is 0 Å². The lowest BCUT2D eigenvalue weighted by Gasteiger charge is -2.31. The first-order valence-corrected chi connectivity index (χ1v) is 9.90. The molecule has 1 saturated heterocycles. The highest BCUT2D eigenvalue weighted by Gasteiger charge is 2.24. The van der Waals surface area contributed by atoms with E-state index in [-0.39, 0.29) is 24.6 Å². The third-order valence-corrected chi connectivity index (χ3v) is 4.49. The van der Waals surface area contributed by atoms with Crippen molar-refractivity contribution in [3.05, 3.63) is 29.8 Å². The molecule has 150 valence electrons. The van der Waals surface area contributed by atoms with Crippen molar-refractivity contribution in [2.45, 2.75) is 52.5 Å². The van der Waals surface area contributed by atoms with Crippen LogP contribution >= 0.6 is 0 Å². The second-order valence-corrected chi connectivity index (χ2v) is 7.48. The first-order chi connectivity index (χ1) is 13.0. The number of rotatable bonds is 8. The highest BCUT2D eigenvalue weighted by atomic mass is 16.6. The predicted molar refractivity (Wildman–Crippen MR) is 105 cm³/mol. The van der Waals surface area contributed by atoms with Gasteiger partial charge in [0.1, 0.15) is 5.75 Å². The first-order valence-electron chi connectivity index (χ1n) is 9.90. The maximum absolute atomic E-state index is 12.1. The summed E-state index contributed by atoms with van der Waals surface area (Å²) in [5, 5.41) is 2.99. The molecule has 1 aromatic rings. The third-order valence-electron chi connectivity index (χ3n) is 4.49. The fourth-order valence-electron chi connectivity index (χ4n) is 2.99. The van der Waals surface area contributed by atoms with Gasteiger partial charge in [-0.05, 0) is 42.9 Å². The van der Waals surface area contributed by atoms with Gasteiger partial charge in [-0.15, -0.1) is 0 Å². The second kappa shape index (κ2) is 10.8. The van der Waals surface area contributed by atoms with Crippen molar-refractivity contribution in [3.8, 4) is 5.75 Å². The number of carbonyl (C=O) groups is 2. The summed E-state index contributed by atoms with van der Waals surface area (Å²) >= 11 is 0. The molecule has 2 amide bonds. The summed E-state index contributed by atoms with van der Waals surface area (Å²) in [5.74, 6) is 0.898. The summed E-state index contributed by atoms with van der Waals surface area (Å²) in [6, 6.07) is 7.94. The monoisotopic (exact) mass is 376 g/mol. The molecule has 0 unspecified atom stereocenters. The van der Waals surface area contributed by atoms with E-state index in [4.69, 9.17) is 9.47 Å². The van der Waals surface area contributed by atoms with Gasteiger partial charge in [-0.3, -0.25) is 4.79 Å². The largest absolute Gasteiger partial charge is 0.484 e. The molecule has 0 atom stereocenters. The van der Waals surface area contributed by atoms with Gasteiger partial charge in [-0.1, -0.05) is 39.3 Å². The van der Waals surface area contributed by atoms with Crippen LogP contribution in [0.5, 0.6) is 5.75 Å². The summed E-state index contributed by atoms with van der Waals surface area (Å²) < 4.78 is 10.8. The van der Waals surface area contributed by atoms with Gasteiger partial charge in [0.05, 0.1) is 6.61 Å². The third kappa shape index (κ3) is 7.49. The molecule has 6 heteroatoms. The molecule has 1 heterocycles. The molecule has 0 aromatic heterocycles. The van der Waals surface area contributed by atoms with Crippen LogP contribution in [0.3, 0.4) is 0 Å². The lowest BCUT2D eigenvalue weighted by atomic mass is 10.1. The van der Waals surface area contributed by atoms with Gasteiger partial charge >= 0.3 is 6.09 Å². The van der Waals surface area contributed by atoms with Gasteiger partial charge in [-0.2, -0.15) is 0 Å². The van der Waals surface area contributed by atoms with Crippen molar-refractivity contribution in [1.29, 1.82) is 0 Å². The Hall–Kier alpha value is -2.24. The van der Waals surface area contributed by atoms with Gasteiger partial charge < -0.3 is 19.7 Å². The van der Waals surface area contributed by atoms with Crippen LogP contribution in [0.25, 0.3) is 0 Å². The molecule has 1 aromatic carbocycles. The summed E-state index contributed by atoms with van der Waals surface area (Å²) in [6.07, 6.45) is 3.35. The zero-order valence-corrected chi connectivity index (χ0v) is 16.7. The van der Waals surface area contributed by atoms with Crippen molar-refractivity contribution in [1.82, 2.24) is 10.2 Å².